The summed E-state index contributed by atoms with van der Waals surface area (Å²) < 4.78 is 12.7. The van der Waals surface area contributed by atoms with E-state index < -0.39 is 0 Å². The zero-order valence-corrected chi connectivity index (χ0v) is 15.7. The second kappa shape index (κ2) is 7.63. The Morgan fingerprint density at radius 3 is 2.56 bits per heavy atom. The maximum absolute atomic E-state index is 5.50. The fourth-order valence-electron chi connectivity index (χ4n) is 2.61. The fraction of sp³-hybridized carbons (Fsp3) is 0.158. The average Bonchev–Trinajstić information content (AvgIpc) is 3.33. The zero-order valence-electron chi connectivity index (χ0n) is 14.9. The summed E-state index contributed by atoms with van der Waals surface area (Å²) in [6.45, 7) is 1.77. The number of ether oxygens (including phenoxy) is 1. The van der Waals surface area contributed by atoms with Crippen molar-refractivity contribution in [2.45, 2.75) is 17.9 Å². The van der Waals surface area contributed by atoms with Crippen LogP contribution in [0.15, 0.2) is 64.2 Å². The summed E-state index contributed by atoms with van der Waals surface area (Å²) in [6.07, 6.45) is 0. The van der Waals surface area contributed by atoms with Gasteiger partial charge < -0.3 is 9.15 Å². The van der Waals surface area contributed by atoms with Gasteiger partial charge in [0.05, 0.1) is 12.9 Å². The number of thioether (sulfide) groups is 1. The van der Waals surface area contributed by atoms with Crippen molar-refractivity contribution >= 4 is 11.8 Å². The highest BCUT2D eigenvalue weighted by molar-refractivity contribution is 7.98. The number of aromatic nitrogens is 5. The summed E-state index contributed by atoms with van der Waals surface area (Å²) >= 11 is 1.42. The third-order valence-electron chi connectivity index (χ3n) is 3.85. The van der Waals surface area contributed by atoms with Gasteiger partial charge in [0.15, 0.2) is 5.82 Å². The maximum atomic E-state index is 5.50. The van der Waals surface area contributed by atoms with Crippen LogP contribution in [0.4, 0.5) is 0 Å². The lowest BCUT2D eigenvalue weighted by molar-refractivity contribution is 0.411. The van der Waals surface area contributed by atoms with E-state index in [4.69, 9.17) is 19.2 Å². The molecular formula is C19H17N5O2S. The summed E-state index contributed by atoms with van der Waals surface area (Å²) in [5.74, 6) is 3.20. The first-order chi connectivity index (χ1) is 13.2. The Morgan fingerprint density at radius 1 is 1.04 bits per heavy atom. The molecule has 0 aliphatic carbocycles. The Morgan fingerprint density at radius 2 is 1.81 bits per heavy atom. The van der Waals surface area contributed by atoms with Crippen LogP contribution in [0, 0.1) is 6.92 Å². The molecule has 2 heterocycles. The van der Waals surface area contributed by atoms with Gasteiger partial charge in [0.2, 0.25) is 5.89 Å². The van der Waals surface area contributed by atoms with Gasteiger partial charge in [0, 0.05) is 12.5 Å². The Kier molecular flexibility index (Phi) is 4.88. The van der Waals surface area contributed by atoms with E-state index in [1.165, 1.54) is 11.8 Å². The van der Waals surface area contributed by atoms with E-state index in [9.17, 15) is 0 Å². The Hall–Kier alpha value is -3.13. The van der Waals surface area contributed by atoms with Crippen LogP contribution in [0.1, 0.15) is 11.7 Å². The molecule has 0 aliphatic rings. The van der Waals surface area contributed by atoms with Crippen molar-refractivity contribution in [1.82, 2.24) is 25.0 Å². The van der Waals surface area contributed by atoms with Crippen molar-refractivity contribution < 1.29 is 9.15 Å². The summed E-state index contributed by atoms with van der Waals surface area (Å²) in [7, 11) is 1.64. The van der Waals surface area contributed by atoms with Crippen molar-refractivity contribution in [3.8, 4) is 22.8 Å². The van der Waals surface area contributed by atoms with E-state index in [1.807, 2.05) is 54.6 Å². The van der Waals surface area contributed by atoms with Crippen molar-refractivity contribution in [3.63, 3.8) is 0 Å². The first kappa shape index (κ1) is 17.3. The number of benzene rings is 2. The SMILES string of the molecule is COc1ccccc1-n1nc(-c2ccccc2)nc1CSc1nnc(C)o1. The third-order valence-corrected chi connectivity index (χ3v) is 4.67. The van der Waals surface area contributed by atoms with E-state index in [0.29, 0.717) is 22.7 Å². The molecule has 8 heteroatoms. The predicted octanol–water partition coefficient (Wildman–Crippen LogP) is 3.93. The lowest BCUT2D eigenvalue weighted by Gasteiger charge is -2.09. The number of rotatable bonds is 6. The zero-order chi connectivity index (χ0) is 18.6. The highest BCUT2D eigenvalue weighted by atomic mass is 32.2. The molecule has 2 aromatic heterocycles. The van der Waals surface area contributed by atoms with E-state index >= 15 is 0 Å². The normalized spacial score (nSPS) is 10.9. The molecule has 0 fully saturated rings. The van der Waals surface area contributed by atoms with Gasteiger partial charge in [0.25, 0.3) is 5.22 Å². The van der Waals surface area contributed by atoms with E-state index in [1.54, 1.807) is 18.7 Å². The molecule has 7 nitrogen and oxygen atoms in total. The molecule has 136 valence electrons. The number of hydrogen-bond acceptors (Lipinski definition) is 7. The lowest BCUT2D eigenvalue weighted by atomic mass is 10.2. The fourth-order valence-corrected chi connectivity index (χ4v) is 3.33. The van der Waals surface area contributed by atoms with Gasteiger partial charge in [-0.25, -0.2) is 9.67 Å². The molecule has 4 aromatic rings. The molecule has 0 bridgehead atoms. The highest BCUT2D eigenvalue weighted by Crippen LogP contribution is 2.28. The molecule has 0 atom stereocenters. The summed E-state index contributed by atoms with van der Waals surface area (Å²) in [5.41, 5.74) is 1.78. The molecule has 0 saturated heterocycles. The quantitative estimate of drug-likeness (QED) is 0.470. The van der Waals surface area contributed by atoms with E-state index in [2.05, 4.69) is 10.2 Å². The summed E-state index contributed by atoms with van der Waals surface area (Å²) in [6, 6.07) is 17.6. The standard InChI is InChI=1S/C19H17N5O2S/c1-13-21-22-19(26-13)27-12-17-20-18(14-8-4-3-5-9-14)23-24(17)15-10-6-7-11-16(15)25-2/h3-11H,12H2,1-2H3. The first-order valence-corrected chi connectivity index (χ1v) is 9.31. The van der Waals surface area contributed by atoms with Crippen LogP contribution < -0.4 is 4.74 Å². The second-order valence-electron chi connectivity index (χ2n) is 5.68. The van der Waals surface area contributed by atoms with Gasteiger partial charge in [-0.3, -0.25) is 0 Å². The Labute approximate surface area is 160 Å². The lowest BCUT2D eigenvalue weighted by Crippen LogP contribution is -2.04. The van der Waals surface area contributed by atoms with Crippen LogP contribution in [0.2, 0.25) is 0 Å². The van der Waals surface area contributed by atoms with Crippen molar-refractivity contribution in [3.05, 3.63) is 66.3 Å². The molecule has 27 heavy (non-hydrogen) atoms. The number of methoxy groups -OCH3 is 1. The number of nitrogens with zero attached hydrogens (tertiary/aromatic N) is 5. The first-order valence-electron chi connectivity index (χ1n) is 8.32. The van der Waals surface area contributed by atoms with Gasteiger partial charge in [0.1, 0.15) is 17.3 Å². The monoisotopic (exact) mass is 379 g/mol. The predicted molar refractivity (Wildman–Crippen MR) is 102 cm³/mol. The van der Waals surface area contributed by atoms with Crippen molar-refractivity contribution in [1.29, 1.82) is 0 Å². The summed E-state index contributed by atoms with van der Waals surface area (Å²) in [5, 5.41) is 13.1. The third kappa shape index (κ3) is 3.70. The number of para-hydroxylation sites is 2. The van der Waals surface area contributed by atoms with Crippen LogP contribution >= 0.6 is 11.8 Å². The second-order valence-corrected chi connectivity index (χ2v) is 6.60. The maximum Gasteiger partial charge on any atom is 0.277 e. The Bertz CT molecular complexity index is 1050. The minimum absolute atomic E-state index is 0.503. The molecule has 4 rings (SSSR count). The molecule has 0 spiro atoms. The number of hydrogen-bond donors (Lipinski definition) is 0. The largest absolute Gasteiger partial charge is 0.494 e. The number of aryl methyl sites for hydroxylation is 1. The Balaban J connectivity index is 1.74. The molecule has 0 aliphatic heterocycles. The molecule has 0 radical (unpaired) electrons. The van der Waals surface area contributed by atoms with E-state index in [0.717, 1.165) is 22.8 Å². The molecule has 0 amide bonds. The minimum Gasteiger partial charge on any atom is -0.494 e. The van der Waals surface area contributed by atoms with Gasteiger partial charge in [-0.05, 0) is 12.1 Å². The van der Waals surface area contributed by atoms with Crippen LogP contribution in [-0.4, -0.2) is 32.1 Å². The van der Waals surface area contributed by atoms with Crippen LogP contribution in [0.5, 0.6) is 5.75 Å². The minimum atomic E-state index is 0.503. The highest BCUT2D eigenvalue weighted by Gasteiger charge is 2.17. The molecule has 0 N–H and O–H groups in total. The van der Waals surface area contributed by atoms with Gasteiger partial charge in [-0.2, -0.15) is 0 Å². The summed E-state index contributed by atoms with van der Waals surface area (Å²) in [4.78, 5) is 4.74. The van der Waals surface area contributed by atoms with Crippen molar-refractivity contribution in [2.24, 2.45) is 0 Å². The van der Waals surface area contributed by atoms with Crippen LogP contribution in [0.3, 0.4) is 0 Å². The van der Waals surface area contributed by atoms with E-state index in [-0.39, 0.29) is 0 Å². The smallest absolute Gasteiger partial charge is 0.277 e. The van der Waals surface area contributed by atoms with Gasteiger partial charge >= 0.3 is 0 Å². The van der Waals surface area contributed by atoms with Gasteiger partial charge in [-0.15, -0.1) is 15.3 Å². The topological polar surface area (TPSA) is 78.9 Å². The molecule has 2 aromatic carbocycles. The molecule has 0 unspecified atom stereocenters. The van der Waals surface area contributed by atoms with Crippen LogP contribution in [0.25, 0.3) is 17.1 Å². The van der Waals surface area contributed by atoms with Crippen LogP contribution in [-0.2, 0) is 5.75 Å². The average molecular weight is 379 g/mol. The van der Waals surface area contributed by atoms with Crippen molar-refractivity contribution in [2.75, 3.05) is 7.11 Å². The molecule has 0 saturated carbocycles. The molecular weight excluding hydrogens is 362 g/mol. The van der Waals surface area contributed by atoms with Gasteiger partial charge in [-0.1, -0.05) is 54.2 Å².